The summed E-state index contributed by atoms with van der Waals surface area (Å²) < 4.78 is 19.6. The van der Waals surface area contributed by atoms with Gasteiger partial charge in [-0.05, 0) is 72.8 Å². The Morgan fingerprint density at radius 2 is 1.73 bits per heavy atom. The molecule has 1 nitrogen and oxygen atoms in total. The third kappa shape index (κ3) is 4.67. The van der Waals surface area contributed by atoms with Gasteiger partial charge in [0.1, 0.15) is 0 Å². The summed E-state index contributed by atoms with van der Waals surface area (Å²) in [6, 6.07) is 13.8. The quantitative estimate of drug-likeness (QED) is 0.516. The van der Waals surface area contributed by atoms with Crippen molar-refractivity contribution in [2.45, 2.75) is 44.9 Å². The first-order valence-corrected chi connectivity index (χ1v) is 9.94. The SMILES string of the molecule is CCCOc1ccc(-c2ccc(C3CCC(/C=C/Cl)CC3)cc2)cc1F. The van der Waals surface area contributed by atoms with Gasteiger partial charge in [0.15, 0.2) is 11.6 Å². The molecular formula is C23H26ClFO. The van der Waals surface area contributed by atoms with Crippen LogP contribution in [0.1, 0.15) is 50.5 Å². The summed E-state index contributed by atoms with van der Waals surface area (Å²) >= 11 is 5.69. The molecule has 0 saturated heterocycles. The summed E-state index contributed by atoms with van der Waals surface area (Å²) in [7, 11) is 0. The molecule has 0 amide bonds. The van der Waals surface area contributed by atoms with E-state index in [9.17, 15) is 4.39 Å². The molecule has 0 bridgehead atoms. The normalized spacial score (nSPS) is 20.4. The molecule has 138 valence electrons. The van der Waals surface area contributed by atoms with E-state index in [2.05, 4.69) is 30.3 Å². The van der Waals surface area contributed by atoms with Crippen LogP contribution in [0.15, 0.2) is 54.1 Å². The van der Waals surface area contributed by atoms with Crippen LogP contribution in [0, 0.1) is 11.7 Å². The molecule has 0 aromatic heterocycles. The first-order valence-electron chi connectivity index (χ1n) is 9.50. The summed E-state index contributed by atoms with van der Waals surface area (Å²) in [5, 5.41) is 0. The van der Waals surface area contributed by atoms with Crippen molar-refractivity contribution in [3.05, 3.63) is 65.5 Å². The highest BCUT2D eigenvalue weighted by atomic mass is 35.5. The lowest BCUT2D eigenvalue weighted by Crippen LogP contribution is -2.11. The molecule has 2 aromatic carbocycles. The van der Waals surface area contributed by atoms with Crippen LogP contribution >= 0.6 is 11.6 Å². The molecule has 1 aliphatic rings. The Kier molecular flexibility index (Phi) is 6.73. The van der Waals surface area contributed by atoms with Gasteiger partial charge in [0.25, 0.3) is 0 Å². The molecule has 1 aliphatic carbocycles. The maximum atomic E-state index is 14.2. The third-order valence-corrected chi connectivity index (χ3v) is 5.37. The molecule has 0 spiro atoms. The Balaban J connectivity index is 1.67. The average molecular weight is 373 g/mol. The maximum Gasteiger partial charge on any atom is 0.165 e. The largest absolute Gasteiger partial charge is 0.491 e. The van der Waals surface area contributed by atoms with Gasteiger partial charge in [0.05, 0.1) is 6.61 Å². The number of hydrogen-bond acceptors (Lipinski definition) is 1. The minimum atomic E-state index is -0.300. The standard InChI is InChI=1S/C23H26ClFO/c1-2-15-26-23-12-11-21(16-22(23)25)20-9-7-19(8-10-20)18-5-3-17(4-6-18)13-14-24/h7-14,16-18H,2-6,15H2,1H3/b14-13+. The number of ether oxygens (including phenoxy) is 1. The highest BCUT2D eigenvalue weighted by molar-refractivity contribution is 6.25. The van der Waals surface area contributed by atoms with E-state index in [1.807, 2.05) is 13.0 Å². The van der Waals surface area contributed by atoms with Crippen LogP contribution in [0.3, 0.4) is 0 Å². The fourth-order valence-electron chi connectivity index (χ4n) is 3.71. The summed E-state index contributed by atoms with van der Waals surface area (Å²) in [5.41, 5.74) is 4.95. The zero-order valence-corrected chi connectivity index (χ0v) is 16.0. The van der Waals surface area contributed by atoms with Gasteiger partial charge in [0, 0.05) is 5.54 Å². The van der Waals surface area contributed by atoms with E-state index in [4.69, 9.17) is 16.3 Å². The zero-order valence-electron chi connectivity index (χ0n) is 15.3. The van der Waals surface area contributed by atoms with E-state index < -0.39 is 0 Å². The van der Waals surface area contributed by atoms with Crippen molar-refractivity contribution in [2.24, 2.45) is 5.92 Å². The molecule has 26 heavy (non-hydrogen) atoms. The zero-order chi connectivity index (χ0) is 18.4. The van der Waals surface area contributed by atoms with Gasteiger partial charge in [-0.3, -0.25) is 0 Å². The van der Waals surface area contributed by atoms with E-state index in [1.54, 1.807) is 17.7 Å². The van der Waals surface area contributed by atoms with E-state index in [0.29, 0.717) is 24.2 Å². The molecule has 3 rings (SSSR count). The van der Waals surface area contributed by atoms with Crippen molar-refractivity contribution in [3.8, 4) is 16.9 Å². The highest BCUT2D eigenvalue weighted by Crippen LogP contribution is 2.37. The Labute approximate surface area is 160 Å². The van der Waals surface area contributed by atoms with Crippen LogP contribution in [-0.4, -0.2) is 6.61 Å². The monoisotopic (exact) mass is 372 g/mol. The molecule has 3 heteroatoms. The second-order valence-electron chi connectivity index (χ2n) is 7.05. The van der Waals surface area contributed by atoms with Crippen LogP contribution in [0.4, 0.5) is 4.39 Å². The average Bonchev–Trinajstić information content (AvgIpc) is 2.68. The summed E-state index contributed by atoms with van der Waals surface area (Å²) in [5.74, 6) is 1.27. The lowest BCUT2D eigenvalue weighted by molar-refractivity contribution is 0.301. The fourth-order valence-corrected chi connectivity index (χ4v) is 3.91. The van der Waals surface area contributed by atoms with Crippen LogP contribution in [-0.2, 0) is 0 Å². The van der Waals surface area contributed by atoms with Crippen molar-refractivity contribution in [1.29, 1.82) is 0 Å². The van der Waals surface area contributed by atoms with Crippen molar-refractivity contribution in [1.82, 2.24) is 0 Å². The van der Waals surface area contributed by atoms with Gasteiger partial charge in [-0.25, -0.2) is 4.39 Å². The minimum absolute atomic E-state index is 0.300. The van der Waals surface area contributed by atoms with Gasteiger partial charge in [0.2, 0.25) is 0 Å². The Hall–Kier alpha value is -1.80. The predicted octanol–water partition coefficient (Wildman–Crippen LogP) is 7.31. The topological polar surface area (TPSA) is 9.23 Å². The third-order valence-electron chi connectivity index (χ3n) is 5.23. The lowest BCUT2D eigenvalue weighted by atomic mass is 9.78. The smallest absolute Gasteiger partial charge is 0.165 e. The van der Waals surface area contributed by atoms with Crippen molar-refractivity contribution < 1.29 is 9.13 Å². The molecule has 1 fully saturated rings. The first kappa shape index (κ1) is 19.0. The lowest BCUT2D eigenvalue weighted by Gasteiger charge is -2.27. The van der Waals surface area contributed by atoms with E-state index in [1.165, 1.54) is 31.2 Å². The Morgan fingerprint density at radius 3 is 2.35 bits per heavy atom. The molecule has 0 atom stereocenters. The Morgan fingerprint density at radius 1 is 1.04 bits per heavy atom. The summed E-state index contributed by atoms with van der Waals surface area (Å²) in [6.07, 6.45) is 7.77. The number of halogens is 2. The number of hydrogen-bond donors (Lipinski definition) is 0. The van der Waals surface area contributed by atoms with Crippen LogP contribution in [0.25, 0.3) is 11.1 Å². The number of benzene rings is 2. The second kappa shape index (κ2) is 9.23. The van der Waals surface area contributed by atoms with Gasteiger partial charge >= 0.3 is 0 Å². The van der Waals surface area contributed by atoms with Crippen molar-refractivity contribution in [2.75, 3.05) is 6.61 Å². The van der Waals surface area contributed by atoms with Gasteiger partial charge in [-0.1, -0.05) is 54.9 Å². The summed E-state index contributed by atoms with van der Waals surface area (Å²) in [6.45, 7) is 2.54. The van der Waals surface area contributed by atoms with E-state index in [0.717, 1.165) is 17.5 Å². The van der Waals surface area contributed by atoms with Crippen molar-refractivity contribution in [3.63, 3.8) is 0 Å². The molecular weight excluding hydrogens is 347 g/mol. The van der Waals surface area contributed by atoms with E-state index >= 15 is 0 Å². The molecule has 1 saturated carbocycles. The second-order valence-corrected chi connectivity index (χ2v) is 7.30. The molecule has 0 radical (unpaired) electrons. The number of rotatable bonds is 6. The van der Waals surface area contributed by atoms with Crippen LogP contribution in [0.2, 0.25) is 0 Å². The Bertz CT molecular complexity index is 730. The van der Waals surface area contributed by atoms with Crippen LogP contribution < -0.4 is 4.74 Å². The molecule has 0 N–H and O–H groups in total. The highest BCUT2D eigenvalue weighted by Gasteiger charge is 2.20. The van der Waals surface area contributed by atoms with E-state index in [-0.39, 0.29) is 5.82 Å². The van der Waals surface area contributed by atoms with Crippen molar-refractivity contribution >= 4 is 11.6 Å². The number of allylic oxidation sites excluding steroid dienone is 1. The van der Waals surface area contributed by atoms with Gasteiger partial charge in [-0.2, -0.15) is 0 Å². The molecule has 0 aliphatic heterocycles. The van der Waals surface area contributed by atoms with Crippen LogP contribution in [0.5, 0.6) is 5.75 Å². The minimum Gasteiger partial charge on any atom is -0.491 e. The molecule has 2 aromatic rings. The fraction of sp³-hybridized carbons (Fsp3) is 0.391. The first-order chi connectivity index (χ1) is 12.7. The molecule has 0 heterocycles. The molecule has 0 unspecified atom stereocenters. The van der Waals surface area contributed by atoms with Gasteiger partial charge < -0.3 is 4.74 Å². The van der Waals surface area contributed by atoms with Gasteiger partial charge in [-0.15, -0.1) is 0 Å². The predicted molar refractivity (Wildman–Crippen MR) is 107 cm³/mol. The maximum absolute atomic E-state index is 14.2. The summed E-state index contributed by atoms with van der Waals surface area (Å²) in [4.78, 5) is 0.